The lowest BCUT2D eigenvalue weighted by Crippen LogP contribution is -2.56. The summed E-state index contributed by atoms with van der Waals surface area (Å²) >= 11 is 0. The zero-order chi connectivity index (χ0) is 16.3. The van der Waals surface area contributed by atoms with Crippen LogP contribution in [0.1, 0.15) is 12.5 Å². The van der Waals surface area contributed by atoms with E-state index in [-0.39, 0.29) is 0 Å². The second-order valence-corrected chi connectivity index (χ2v) is 3.89. The Balaban J connectivity index is 3.69. The van der Waals surface area contributed by atoms with Crippen molar-refractivity contribution in [1.82, 2.24) is 0 Å². The van der Waals surface area contributed by atoms with Gasteiger partial charge in [0.1, 0.15) is 5.75 Å². The van der Waals surface area contributed by atoms with Gasteiger partial charge in [0.05, 0.1) is 6.26 Å². The van der Waals surface area contributed by atoms with Crippen LogP contribution in [0.15, 0.2) is 37.1 Å². The molecule has 0 spiro atoms. The molecule has 0 fully saturated rings. The number of para-hydroxylation sites is 1. The Hall–Kier alpha value is -1.70. The van der Waals surface area contributed by atoms with Crippen LogP contribution in [-0.4, -0.2) is 19.0 Å². The molecule has 0 bridgehead atoms. The Morgan fingerprint density at radius 1 is 1.05 bits per heavy atom. The highest BCUT2D eigenvalue weighted by atomic mass is 19.4. The summed E-state index contributed by atoms with van der Waals surface area (Å²) in [5.74, 6) is -0.629. The summed E-state index contributed by atoms with van der Waals surface area (Å²) in [5, 5.41) is 0. The predicted octanol–water partition coefficient (Wildman–Crippen LogP) is 4.57. The van der Waals surface area contributed by atoms with E-state index in [9.17, 15) is 26.3 Å². The molecule has 0 atom stereocenters. The molecule has 1 rings (SSSR count). The summed E-state index contributed by atoms with van der Waals surface area (Å²) in [4.78, 5) is 0. The van der Waals surface area contributed by atoms with Gasteiger partial charge in [0.25, 0.3) is 5.60 Å². The summed E-state index contributed by atoms with van der Waals surface area (Å²) in [7, 11) is 0. The molecular formula is C13H12F6O2. The molecule has 0 radical (unpaired) electrons. The number of halogens is 6. The number of alkyl halides is 6. The van der Waals surface area contributed by atoms with E-state index in [0.29, 0.717) is 6.07 Å². The molecule has 0 saturated heterocycles. The average Bonchev–Trinajstić information content (AvgIpc) is 2.34. The molecule has 0 aliphatic rings. The Bertz CT molecular complexity index is 478. The first-order valence-electron chi connectivity index (χ1n) is 5.76. The van der Waals surface area contributed by atoms with Gasteiger partial charge in [-0.3, -0.25) is 0 Å². The molecule has 0 amide bonds. The lowest BCUT2D eigenvalue weighted by Gasteiger charge is -2.37. The van der Waals surface area contributed by atoms with Gasteiger partial charge in [0.15, 0.2) is 0 Å². The van der Waals surface area contributed by atoms with E-state index in [4.69, 9.17) is 0 Å². The lowest BCUT2D eigenvalue weighted by molar-refractivity contribution is -0.389. The van der Waals surface area contributed by atoms with Gasteiger partial charge in [0.2, 0.25) is 0 Å². The molecule has 1 aromatic rings. The van der Waals surface area contributed by atoms with Crippen LogP contribution in [0.3, 0.4) is 0 Å². The molecule has 118 valence electrons. The molecule has 0 heterocycles. The highest BCUT2D eigenvalue weighted by Crippen LogP contribution is 2.55. The number of benzene rings is 1. The fourth-order valence-corrected chi connectivity index (χ4v) is 1.87. The summed E-state index contributed by atoms with van der Waals surface area (Å²) in [6.45, 7) is 3.38. The van der Waals surface area contributed by atoms with Crippen molar-refractivity contribution in [2.45, 2.75) is 24.9 Å². The van der Waals surface area contributed by atoms with Crippen LogP contribution in [0.5, 0.6) is 5.75 Å². The number of rotatable bonds is 5. The van der Waals surface area contributed by atoms with Crippen LogP contribution in [0.4, 0.5) is 26.3 Å². The molecule has 0 aliphatic heterocycles. The maximum Gasteiger partial charge on any atom is 0.431 e. The van der Waals surface area contributed by atoms with Crippen molar-refractivity contribution >= 4 is 0 Å². The highest BCUT2D eigenvalue weighted by molar-refractivity contribution is 5.41. The number of hydrogen-bond acceptors (Lipinski definition) is 2. The minimum absolute atomic E-state index is 0.629. The Kier molecular flexibility index (Phi) is 4.93. The van der Waals surface area contributed by atoms with Crippen molar-refractivity contribution in [3.8, 4) is 5.75 Å². The summed E-state index contributed by atoms with van der Waals surface area (Å²) < 4.78 is 88.3. The molecule has 0 N–H and O–H groups in total. The third-order valence-corrected chi connectivity index (χ3v) is 2.64. The summed E-state index contributed by atoms with van der Waals surface area (Å²) in [6.07, 6.45) is -10.7. The summed E-state index contributed by atoms with van der Waals surface area (Å²) in [6, 6.07) is 3.92. The average molecular weight is 314 g/mol. The van der Waals surface area contributed by atoms with E-state index in [1.165, 1.54) is 6.07 Å². The van der Waals surface area contributed by atoms with Gasteiger partial charge in [-0.15, -0.1) is 0 Å². The monoisotopic (exact) mass is 314 g/mol. The Morgan fingerprint density at radius 3 is 2.00 bits per heavy atom. The topological polar surface area (TPSA) is 18.5 Å². The quantitative estimate of drug-likeness (QED) is 0.586. The van der Waals surface area contributed by atoms with Crippen molar-refractivity contribution < 1.29 is 35.8 Å². The van der Waals surface area contributed by atoms with E-state index in [0.717, 1.165) is 25.3 Å². The van der Waals surface area contributed by atoms with Gasteiger partial charge in [-0.1, -0.05) is 24.8 Å². The molecule has 0 unspecified atom stereocenters. The first-order chi connectivity index (χ1) is 9.61. The van der Waals surface area contributed by atoms with Gasteiger partial charge in [0, 0.05) is 12.2 Å². The van der Waals surface area contributed by atoms with Crippen molar-refractivity contribution in [2.24, 2.45) is 0 Å². The molecule has 0 saturated carbocycles. The predicted molar refractivity (Wildman–Crippen MR) is 62.7 cm³/mol. The van der Waals surface area contributed by atoms with Crippen LogP contribution >= 0.6 is 0 Å². The number of ether oxygens (including phenoxy) is 2. The first kappa shape index (κ1) is 17.4. The van der Waals surface area contributed by atoms with Crippen LogP contribution < -0.4 is 4.74 Å². The maximum atomic E-state index is 13.2. The Labute approximate surface area is 117 Å². The maximum absolute atomic E-state index is 13.2. The van der Waals surface area contributed by atoms with Crippen LogP contribution in [-0.2, 0) is 10.3 Å². The normalized spacial score (nSPS) is 13.1. The van der Waals surface area contributed by atoms with Crippen molar-refractivity contribution in [3.63, 3.8) is 0 Å². The molecule has 21 heavy (non-hydrogen) atoms. The highest BCUT2D eigenvalue weighted by Gasteiger charge is 2.74. The van der Waals surface area contributed by atoms with Gasteiger partial charge >= 0.3 is 12.4 Å². The fraction of sp³-hybridized carbons (Fsp3) is 0.385. The van der Waals surface area contributed by atoms with E-state index in [2.05, 4.69) is 16.1 Å². The van der Waals surface area contributed by atoms with E-state index < -0.39 is 35.9 Å². The second-order valence-electron chi connectivity index (χ2n) is 3.89. The molecule has 0 aliphatic carbocycles. The van der Waals surface area contributed by atoms with Gasteiger partial charge in [-0.25, -0.2) is 0 Å². The Morgan fingerprint density at radius 2 is 1.57 bits per heavy atom. The molecular weight excluding hydrogens is 302 g/mol. The van der Waals surface area contributed by atoms with Crippen LogP contribution in [0, 0.1) is 0 Å². The third-order valence-electron chi connectivity index (χ3n) is 2.64. The standard InChI is InChI=1S/C13H12F6O2/c1-3-20-10-8-6-5-7-9(10)11(21-4-2,12(14,15)16)13(17,18)19/h3,5-8H,1,4H2,2H3. The zero-order valence-electron chi connectivity index (χ0n) is 10.9. The largest absolute Gasteiger partial charge is 0.465 e. The molecule has 1 aromatic carbocycles. The fourth-order valence-electron chi connectivity index (χ4n) is 1.87. The molecule has 2 nitrogen and oxygen atoms in total. The van der Waals surface area contributed by atoms with Crippen LogP contribution in [0.2, 0.25) is 0 Å². The van der Waals surface area contributed by atoms with E-state index >= 15 is 0 Å². The summed E-state index contributed by atoms with van der Waals surface area (Å²) in [5.41, 5.74) is -5.64. The van der Waals surface area contributed by atoms with E-state index in [1.807, 2.05) is 0 Å². The first-order valence-corrected chi connectivity index (χ1v) is 5.76. The second kappa shape index (κ2) is 5.97. The number of hydrogen-bond donors (Lipinski definition) is 0. The van der Waals surface area contributed by atoms with Gasteiger partial charge in [-0.05, 0) is 13.0 Å². The smallest absolute Gasteiger partial charge is 0.431 e. The third kappa shape index (κ3) is 2.99. The van der Waals surface area contributed by atoms with Crippen LogP contribution in [0.25, 0.3) is 0 Å². The molecule has 0 aromatic heterocycles. The minimum Gasteiger partial charge on any atom is -0.465 e. The van der Waals surface area contributed by atoms with E-state index in [1.54, 1.807) is 0 Å². The van der Waals surface area contributed by atoms with Crippen molar-refractivity contribution in [1.29, 1.82) is 0 Å². The minimum atomic E-state index is -5.72. The SMILES string of the molecule is C=COc1ccccc1C(OCC)(C(F)(F)F)C(F)(F)F. The van der Waals surface area contributed by atoms with Gasteiger partial charge in [-0.2, -0.15) is 26.3 Å². The van der Waals surface area contributed by atoms with Crippen molar-refractivity contribution in [3.05, 3.63) is 42.7 Å². The van der Waals surface area contributed by atoms with Crippen molar-refractivity contribution in [2.75, 3.05) is 6.61 Å². The molecule has 8 heteroatoms. The lowest BCUT2D eigenvalue weighted by atomic mass is 9.91. The zero-order valence-corrected chi connectivity index (χ0v) is 10.9. The van der Waals surface area contributed by atoms with Gasteiger partial charge < -0.3 is 9.47 Å².